The monoisotopic (exact) mass is 340 g/mol. The van der Waals surface area contributed by atoms with Crippen LogP contribution in [0.15, 0.2) is 46.9 Å². The van der Waals surface area contributed by atoms with E-state index in [0.717, 1.165) is 0 Å². The van der Waals surface area contributed by atoms with Crippen LogP contribution in [0.1, 0.15) is 10.4 Å². The van der Waals surface area contributed by atoms with Gasteiger partial charge in [-0.25, -0.2) is 0 Å². The molecule has 0 spiro atoms. The minimum absolute atomic E-state index is 0.0155. The second-order valence-corrected chi connectivity index (χ2v) is 5.10. The fourth-order valence-electron chi connectivity index (χ4n) is 1.50. The highest BCUT2D eigenvalue weighted by molar-refractivity contribution is 9.10. The normalized spacial score (nSPS) is 10.2. The third kappa shape index (κ3) is 3.49. The van der Waals surface area contributed by atoms with Crippen molar-refractivity contribution in [2.45, 2.75) is 0 Å². The lowest BCUT2D eigenvalue weighted by atomic mass is 10.1. The molecule has 0 aliphatic carbocycles. The lowest BCUT2D eigenvalue weighted by Crippen LogP contribution is -2.11. The van der Waals surface area contributed by atoms with Gasteiger partial charge in [0, 0.05) is 10.6 Å². The summed E-state index contributed by atoms with van der Waals surface area (Å²) in [4.78, 5) is 11.9. The first-order valence-electron chi connectivity index (χ1n) is 5.47. The third-order valence-corrected chi connectivity index (χ3v) is 3.34. The van der Waals surface area contributed by atoms with Gasteiger partial charge in [0.2, 0.25) is 0 Å². The summed E-state index contributed by atoms with van der Waals surface area (Å²) in [7, 11) is 0. The highest BCUT2D eigenvalue weighted by atomic mass is 79.9. The van der Waals surface area contributed by atoms with Gasteiger partial charge in [0.1, 0.15) is 0 Å². The number of halogens is 2. The Morgan fingerprint density at radius 3 is 2.53 bits per heavy atom. The number of phenols is 1. The van der Waals surface area contributed by atoms with Gasteiger partial charge in [0.05, 0.1) is 4.47 Å². The number of phenolic OH excluding ortho intramolecular Hbond substituents is 1. The minimum Gasteiger partial charge on any atom is -0.504 e. The van der Waals surface area contributed by atoms with Crippen LogP contribution in [0.3, 0.4) is 0 Å². The largest absolute Gasteiger partial charge is 0.504 e. The minimum atomic E-state index is -0.188. The Balaban J connectivity index is 2.06. The van der Waals surface area contributed by atoms with Gasteiger partial charge in [-0.15, -0.1) is 0 Å². The Morgan fingerprint density at radius 1 is 1.21 bits per heavy atom. The number of ether oxygens (including phenoxy) is 1. The van der Waals surface area contributed by atoms with E-state index in [1.165, 1.54) is 6.07 Å². The SMILES string of the molecule is O=C(COc1c(O)cccc1Br)c1ccc(Cl)cc1. The molecule has 0 unspecified atom stereocenters. The fraction of sp³-hybridized carbons (Fsp3) is 0.0714. The van der Waals surface area contributed by atoms with E-state index in [0.29, 0.717) is 15.1 Å². The molecule has 0 saturated heterocycles. The molecular weight excluding hydrogens is 332 g/mol. The number of carbonyl (C=O) groups excluding carboxylic acids is 1. The van der Waals surface area contributed by atoms with Crippen molar-refractivity contribution in [3.63, 3.8) is 0 Å². The molecule has 2 rings (SSSR count). The first-order valence-corrected chi connectivity index (χ1v) is 6.64. The standard InChI is InChI=1S/C14H10BrClO3/c15-11-2-1-3-12(17)14(11)19-8-13(18)9-4-6-10(16)7-5-9/h1-7,17H,8H2. The van der Waals surface area contributed by atoms with Crippen LogP contribution >= 0.6 is 27.5 Å². The average molecular weight is 342 g/mol. The molecule has 0 heterocycles. The predicted molar refractivity (Wildman–Crippen MR) is 77.1 cm³/mol. The van der Waals surface area contributed by atoms with E-state index in [2.05, 4.69) is 15.9 Å². The predicted octanol–water partition coefficient (Wildman–Crippen LogP) is 4.07. The maximum absolute atomic E-state index is 11.9. The van der Waals surface area contributed by atoms with Crippen molar-refractivity contribution in [1.82, 2.24) is 0 Å². The summed E-state index contributed by atoms with van der Waals surface area (Å²) < 4.78 is 5.93. The second-order valence-electron chi connectivity index (χ2n) is 3.81. The zero-order chi connectivity index (χ0) is 13.8. The second kappa shape index (κ2) is 6.08. The van der Waals surface area contributed by atoms with Crippen molar-refractivity contribution >= 4 is 33.3 Å². The number of aromatic hydroxyl groups is 1. The van der Waals surface area contributed by atoms with Gasteiger partial charge in [-0.1, -0.05) is 17.7 Å². The number of benzene rings is 2. The van der Waals surface area contributed by atoms with Gasteiger partial charge in [0.15, 0.2) is 23.9 Å². The Kier molecular flexibility index (Phi) is 4.45. The molecule has 0 bridgehead atoms. The first kappa shape index (κ1) is 13.9. The van der Waals surface area contributed by atoms with E-state index >= 15 is 0 Å². The van der Waals surface area contributed by atoms with E-state index in [9.17, 15) is 9.90 Å². The number of Topliss-reactive ketones (excluding diaryl/α,β-unsaturated/α-hetero) is 1. The molecule has 98 valence electrons. The van der Waals surface area contributed by atoms with Crippen LogP contribution in [0, 0.1) is 0 Å². The summed E-state index contributed by atoms with van der Waals surface area (Å²) in [5.74, 6) is 0.0508. The lowest BCUT2D eigenvalue weighted by Gasteiger charge is -2.09. The van der Waals surface area contributed by atoms with Gasteiger partial charge >= 0.3 is 0 Å². The van der Waals surface area contributed by atoms with Crippen molar-refractivity contribution in [2.75, 3.05) is 6.61 Å². The molecule has 0 aliphatic rings. The van der Waals surface area contributed by atoms with Crippen LogP contribution in [0.25, 0.3) is 0 Å². The molecule has 1 N–H and O–H groups in total. The van der Waals surface area contributed by atoms with Crippen molar-refractivity contribution in [3.8, 4) is 11.5 Å². The molecule has 2 aromatic carbocycles. The van der Waals surface area contributed by atoms with Crippen LogP contribution in [-0.2, 0) is 0 Å². The van der Waals surface area contributed by atoms with Gasteiger partial charge in [-0.3, -0.25) is 4.79 Å². The molecule has 0 atom stereocenters. The van der Waals surface area contributed by atoms with Crippen LogP contribution in [0.4, 0.5) is 0 Å². The number of ketones is 1. The van der Waals surface area contributed by atoms with Crippen LogP contribution in [0.5, 0.6) is 11.5 Å². The van der Waals surface area contributed by atoms with Crippen LogP contribution in [0.2, 0.25) is 5.02 Å². The van der Waals surface area contributed by atoms with Gasteiger partial charge in [-0.2, -0.15) is 0 Å². The number of hydrogen-bond acceptors (Lipinski definition) is 3. The summed E-state index contributed by atoms with van der Waals surface area (Å²) >= 11 is 9.00. The average Bonchev–Trinajstić information content (AvgIpc) is 2.38. The molecular formula is C14H10BrClO3. The molecule has 0 radical (unpaired) electrons. The molecule has 0 amide bonds. The molecule has 0 fully saturated rings. The zero-order valence-electron chi connectivity index (χ0n) is 9.77. The zero-order valence-corrected chi connectivity index (χ0v) is 12.1. The Morgan fingerprint density at radius 2 is 1.89 bits per heavy atom. The molecule has 2 aromatic rings. The molecule has 3 nitrogen and oxygen atoms in total. The van der Waals surface area contributed by atoms with Crippen molar-refractivity contribution in [2.24, 2.45) is 0 Å². The van der Waals surface area contributed by atoms with Gasteiger partial charge < -0.3 is 9.84 Å². The van der Waals surface area contributed by atoms with Crippen molar-refractivity contribution in [1.29, 1.82) is 0 Å². The first-order chi connectivity index (χ1) is 9.08. The summed E-state index contributed by atoms with van der Waals surface area (Å²) in [5.41, 5.74) is 0.510. The summed E-state index contributed by atoms with van der Waals surface area (Å²) in [6.45, 7) is -0.155. The van der Waals surface area contributed by atoms with E-state index in [4.69, 9.17) is 16.3 Å². The fourth-order valence-corrected chi connectivity index (χ4v) is 2.09. The number of carbonyl (C=O) groups is 1. The molecule has 5 heteroatoms. The Hall–Kier alpha value is -1.52. The quantitative estimate of drug-likeness (QED) is 0.853. The van der Waals surface area contributed by atoms with E-state index in [1.807, 2.05) is 0 Å². The molecule has 19 heavy (non-hydrogen) atoms. The highest BCUT2D eigenvalue weighted by Gasteiger charge is 2.11. The topological polar surface area (TPSA) is 46.5 Å². The summed E-state index contributed by atoms with van der Waals surface area (Å²) in [6.07, 6.45) is 0. The van der Waals surface area contributed by atoms with Crippen LogP contribution < -0.4 is 4.74 Å². The maximum atomic E-state index is 11.9. The smallest absolute Gasteiger partial charge is 0.200 e. The highest BCUT2D eigenvalue weighted by Crippen LogP contribution is 2.33. The maximum Gasteiger partial charge on any atom is 0.200 e. The molecule has 0 aromatic heterocycles. The van der Waals surface area contributed by atoms with Gasteiger partial charge in [-0.05, 0) is 52.3 Å². The Labute approximate surface area is 123 Å². The van der Waals surface area contributed by atoms with E-state index < -0.39 is 0 Å². The summed E-state index contributed by atoms with van der Waals surface area (Å²) in [5, 5.41) is 10.2. The molecule has 0 saturated carbocycles. The van der Waals surface area contributed by atoms with Crippen molar-refractivity contribution < 1.29 is 14.6 Å². The number of rotatable bonds is 4. The lowest BCUT2D eigenvalue weighted by molar-refractivity contribution is 0.0919. The number of para-hydroxylation sites is 1. The Bertz CT molecular complexity index is 576. The van der Waals surface area contributed by atoms with Gasteiger partial charge in [0.25, 0.3) is 0 Å². The van der Waals surface area contributed by atoms with Crippen LogP contribution in [-0.4, -0.2) is 17.5 Å². The third-order valence-electron chi connectivity index (χ3n) is 2.46. The van der Waals surface area contributed by atoms with Crippen molar-refractivity contribution in [3.05, 3.63) is 57.5 Å². The van der Waals surface area contributed by atoms with E-state index in [1.54, 1.807) is 36.4 Å². The number of hydrogen-bond donors (Lipinski definition) is 1. The summed E-state index contributed by atoms with van der Waals surface area (Å²) in [6, 6.07) is 11.4. The molecule has 0 aliphatic heterocycles. The van der Waals surface area contributed by atoms with E-state index in [-0.39, 0.29) is 23.9 Å².